The molecule has 0 spiro atoms. The Bertz CT molecular complexity index is 1130. The molecule has 1 saturated heterocycles. The van der Waals surface area contributed by atoms with Crippen molar-refractivity contribution in [2.45, 2.75) is 39.7 Å². The molecule has 1 fully saturated rings. The molecule has 10 heteroatoms. The second-order valence-electron chi connectivity index (χ2n) is 7.70. The van der Waals surface area contributed by atoms with E-state index in [4.69, 9.17) is 0 Å². The first kappa shape index (κ1) is 21.8. The number of nitrogens with zero attached hydrogens (tertiary/aromatic N) is 4. The van der Waals surface area contributed by atoms with Crippen molar-refractivity contribution >= 4 is 39.8 Å². The van der Waals surface area contributed by atoms with E-state index in [1.165, 1.54) is 17.5 Å². The molecule has 9 nitrogen and oxygen atoms in total. The van der Waals surface area contributed by atoms with E-state index in [-0.39, 0.29) is 24.1 Å². The third kappa shape index (κ3) is 4.75. The zero-order valence-electron chi connectivity index (χ0n) is 18.1. The van der Waals surface area contributed by atoms with Crippen molar-refractivity contribution < 1.29 is 14.7 Å². The number of rotatable bonds is 7. The number of anilines is 3. The molecule has 0 radical (unpaired) electrons. The lowest BCUT2D eigenvalue weighted by Crippen LogP contribution is -2.31. The summed E-state index contributed by atoms with van der Waals surface area (Å²) in [5.41, 5.74) is 2.21. The molecule has 2 amide bonds. The molecular formula is C22H26N6O3S. The van der Waals surface area contributed by atoms with Gasteiger partial charge in [0.1, 0.15) is 17.2 Å². The molecule has 3 aromatic rings. The molecule has 1 aliphatic heterocycles. The number of aryl methyl sites for hydroxylation is 1. The van der Waals surface area contributed by atoms with Gasteiger partial charge in [0.15, 0.2) is 10.9 Å². The predicted octanol–water partition coefficient (Wildman–Crippen LogP) is 3.53. The molecule has 0 saturated carbocycles. The molecular weight excluding hydrogens is 428 g/mol. The summed E-state index contributed by atoms with van der Waals surface area (Å²) < 4.78 is 1.60. The van der Waals surface area contributed by atoms with E-state index in [1.54, 1.807) is 29.1 Å². The standard InChI is InChI=1S/C22H26N6O3S/c1-3-15-16(29)7-6-14(2)20(15)25-21(31)17-12-23-22(32-17)24-18-8-11-28(26-18)13-19(30)27-9-4-5-10-27/h6-8,11-12,29H,3-5,9-10,13H2,1-2H3,(H,25,31)(H,23,24,26). The number of nitrogens with one attached hydrogen (secondary N) is 2. The largest absolute Gasteiger partial charge is 0.508 e. The van der Waals surface area contributed by atoms with Gasteiger partial charge < -0.3 is 20.6 Å². The van der Waals surface area contributed by atoms with Gasteiger partial charge in [0, 0.05) is 30.9 Å². The Morgan fingerprint density at radius 2 is 2.00 bits per heavy atom. The minimum atomic E-state index is -0.291. The Morgan fingerprint density at radius 1 is 1.22 bits per heavy atom. The number of amides is 2. The van der Waals surface area contributed by atoms with E-state index in [0.717, 1.165) is 31.5 Å². The van der Waals surface area contributed by atoms with Crippen molar-refractivity contribution in [3.8, 4) is 5.75 Å². The average Bonchev–Trinajstić information content (AvgIpc) is 3.53. The molecule has 32 heavy (non-hydrogen) atoms. The van der Waals surface area contributed by atoms with Gasteiger partial charge in [-0.25, -0.2) is 4.98 Å². The van der Waals surface area contributed by atoms with Crippen LogP contribution in [0.5, 0.6) is 5.75 Å². The van der Waals surface area contributed by atoms with Crippen molar-refractivity contribution in [3.63, 3.8) is 0 Å². The summed E-state index contributed by atoms with van der Waals surface area (Å²) >= 11 is 1.20. The second-order valence-corrected chi connectivity index (χ2v) is 8.73. The lowest BCUT2D eigenvalue weighted by atomic mass is 10.0. The number of hydrogen-bond donors (Lipinski definition) is 3. The highest BCUT2D eigenvalue weighted by Crippen LogP contribution is 2.31. The van der Waals surface area contributed by atoms with Crippen LogP contribution < -0.4 is 10.6 Å². The number of phenols is 1. The maximum absolute atomic E-state index is 12.8. The van der Waals surface area contributed by atoms with Gasteiger partial charge >= 0.3 is 0 Å². The topological polar surface area (TPSA) is 112 Å². The number of likely N-dealkylation sites (tertiary alicyclic amines) is 1. The van der Waals surface area contributed by atoms with Gasteiger partial charge in [-0.1, -0.05) is 24.3 Å². The maximum Gasteiger partial charge on any atom is 0.267 e. The molecule has 0 aliphatic carbocycles. The summed E-state index contributed by atoms with van der Waals surface area (Å²) in [4.78, 5) is 31.6. The van der Waals surface area contributed by atoms with Gasteiger partial charge in [-0.05, 0) is 37.8 Å². The quantitative estimate of drug-likeness (QED) is 0.503. The third-order valence-corrected chi connectivity index (χ3v) is 6.36. The lowest BCUT2D eigenvalue weighted by molar-refractivity contribution is -0.130. The highest BCUT2D eigenvalue weighted by molar-refractivity contribution is 7.17. The lowest BCUT2D eigenvalue weighted by Gasteiger charge is -2.14. The van der Waals surface area contributed by atoms with Gasteiger partial charge in [0.25, 0.3) is 5.91 Å². The molecule has 1 aromatic carbocycles. The molecule has 0 atom stereocenters. The second kappa shape index (κ2) is 9.39. The van der Waals surface area contributed by atoms with E-state index in [9.17, 15) is 14.7 Å². The van der Waals surface area contributed by atoms with E-state index in [1.807, 2.05) is 18.7 Å². The van der Waals surface area contributed by atoms with Crippen LogP contribution >= 0.6 is 11.3 Å². The van der Waals surface area contributed by atoms with Gasteiger partial charge in [-0.15, -0.1) is 0 Å². The van der Waals surface area contributed by atoms with Gasteiger partial charge in [-0.2, -0.15) is 5.10 Å². The zero-order valence-corrected chi connectivity index (χ0v) is 18.9. The van der Waals surface area contributed by atoms with Crippen LogP contribution in [0.4, 0.5) is 16.6 Å². The molecule has 0 bridgehead atoms. The summed E-state index contributed by atoms with van der Waals surface area (Å²) in [5, 5.41) is 21.0. The van der Waals surface area contributed by atoms with E-state index >= 15 is 0 Å². The van der Waals surface area contributed by atoms with Gasteiger partial charge in [0.05, 0.1) is 11.9 Å². The Balaban J connectivity index is 1.39. The van der Waals surface area contributed by atoms with E-state index in [0.29, 0.717) is 33.5 Å². The summed E-state index contributed by atoms with van der Waals surface area (Å²) in [6, 6.07) is 5.17. The smallest absolute Gasteiger partial charge is 0.267 e. The maximum atomic E-state index is 12.8. The van der Waals surface area contributed by atoms with Crippen LogP contribution in [0.2, 0.25) is 0 Å². The Kier molecular flexibility index (Phi) is 6.40. The van der Waals surface area contributed by atoms with Crippen molar-refractivity contribution in [1.29, 1.82) is 0 Å². The van der Waals surface area contributed by atoms with Crippen LogP contribution in [0, 0.1) is 6.92 Å². The number of aromatic nitrogens is 3. The van der Waals surface area contributed by atoms with Crippen molar-refractivity contribution in [2.75, 3.05) is 23.7 Å². The van der Waals surface area contributed by atoms with Crippen molar-refractivity contribution in [1.82, 2.24) is 19.7 Å². The number of hydrogen-bond acceptors (Lipinski definition) is 7. The highest BCUT2D eigenvalue weighted by Gasteiger charge is 2.19. The fraction of sp³-hybridized carbons (Fsp3) is 0.364. The average molecular weight is 455 g/mol. The third-order valence-electron chi connectivity index (χ3n) is 5.45. The van der Waals surface area contributed by atoms with Crippen LogP contribution in [0.25, 0.3) is 0 Å². The van der Waals surface area contributed by atoms with Crippen LogP contribution in [-0.4, -0.2) is 49.7 Å². The van der Waals surface area contributed by atoms with Crippen molar-refractivity contribution in [2.24, 2.45) is 0 Å². The first-order chi connectivity index (χ1) is 15.4. The molecule has 3 heterocycles. The Hall–Kier alpha value is -3.40. The van der Waals surface area contributed by atoms with E-state index in [2.05, 4.69) is 20.7 Å². The van der Waals surface area contributed by atoms with Crippen LogP contribution in [0.3, 0.4) is 0 Å². The molecule has 0 unspecified atom stereocenters. The minimum absolute atomic E-state index is 0.0686. The summed E-state index contributed by atoms with van der Waals surface area (Å²) in [6.07, 6.45) is 5.96. The predicted molar refractivity (Wildman–Crippen MR) is 124 cm³/mol. The Morgan fingerprint density at radius 3 is 2.75 bits per heavy atom. The fourth-order valence-corrected chi connectivity index (χ4v) is 4.45. The van der Waals surface area contributed by atoms with E-state index < -0.39 is 0 Å². The molecule has 1 aliphatic rings. The first-order valence-electron chi connectivity index (χ1n) is 10.6. The molecule has 3 N–H and O–H groups in total. The number of carbonyl (C=O) groups is 2. The van der Waals surface area contributed by atoms with Crippen LogP contribution in [0.15, 0.2) is 30.6 Å². The molecule has 168 valence electrons. The normalized spacial score (nSPS) is 13.4. The summed E-state index contributed by atoms with van der Waals surface area (Å²) in [6.45, 7) is 5.65. The number of phenolic OH excluding ortho intramolecular Hbond substituents is 1. The fourth-order valence-electron chi connectivity index (χ4n) is 3.73. The summed E-state index contributed by atoms with van der Waals surface area (Å²) in [5.74, 6) is 0.497. The number of benzene rings is 1. The number of aromatic hydroxyl groups is 1. The monoisotopic (exact) mass is 454 g/mol. The van der Waals surface area contributed by atoms with Crippen molar-refractivity contribution in [3.05, 3.63) is 46.6 Å². The van der Waals surface area contributed by atoms with Gasteiger partial charge in [-0.3, -0.25) is 14.3 Å². The van der Waals surface area contributed by atoms with Crippen LogP contribution in [0.1, 0.15) is 40.6 Å². The highest BCUT2D eigenvalue weighted by atomic mass is 32.1. The molecule has 2 aromatic heterocycles. The SMILES string of the molecule is CCc1c(O)ccc(C)c1NC(=O)c1cnc(Nc2ccn(CC(=O)N3CCCC3)n2)s1. The van der Waals surface area contributed by atoms with Crippen LogP contribution in [-0.2, 0) is 17.8 Å². The Labute approximate surface area is 190 Å². The first-order valence-corrected chi connectivity index (χ1v) is 11.4. The zero-order chi connectivity index (χ0) is 22.7. The minimum Gasteiger partial charge on any atom is -0.508 e. The van der Waals surface area contributed by atoms with Gasteiger partial charge in [0.2, 0.25) is 5.91 Å². The molecule has 4 rings (SSSR count). The number of carbonyl (C=O) groups excluding carboxylic acids is 2. The summed E-state index contributed by atoms with van der Waals surface area (Å²) in [7, 11) is 0. The number of thiazole rings is 1.